The molecule has 2 nitrogen and oxygen atoms in total. The Morgan fingerprint density at radius 3 is 2.67 bits per heavy atom. The molecule has 0 saturated carbocycles. The Kier molecular flexibility index (Phi) is 5.40. The predicted octanol–water partition coefficient (Wildman–Crippen LogP) is 4.85. The lowest BCUT2D eigenvalue weighted by Crippen LogP contribution is -2.21. The Hall–Kier alpha value is -1.80. The molecule has 0 aliphatic heterocycles. The quantitative estimate of drug-likeness (QED) is 0.733. The molecule has 2 aromatic rings. The van der Waals surface area contributed by atoms with Crippen LogP contribution < -0.4 is 10.1 Å². The molecule has 0 bridgehead atoms. The van der Waals surface area contributed by atoms with E-state index in [-0.39, 0.29) is 12.1 Å². The molecule has 21 heavy (non-hydrogen) atoms. The van der Waals surface area contributed by atoms with Crippen molar-refractivity contribution in [3.05, 3.63) is 54.6 Å². The number of ether oxygens (including phenoxy) is 1. The van der Waals surface area contributed by atoms with Crippen LogP contribution in [-0.2, 0) is 0 Å². The summed E-state index contributed by atoms with van der Waals surface area (Å²) in [5.41, 5.74) is 1.20. The van der Waals surface area contributed by atoms with Crippen LogP contribution in [0.15, 0.2) is 49.1 Å². The normalized spacial score (nSPS) is 13.9. The maximum Gasteiger partial charge on any atom is 0.132 e. The Morgan fingerprint density at radius 2 is 1.95 bits per heavy atom. The van der Waals surface area contributed by atoms with Gasteiger partial charge in [0.2, 0.25) is 0 Å². The van der Waals surface area contributed by atoms with Crippen molar-refractivity contribution in [1.82, 2.24) is 5.32 Å². The first-order valence-electron chi connectivity index (χ1n) is 7.71. The van der Waals surface area contributed by atoms with Crippen molar-refractivity contribution < 1.29 is 4.74 Å². The zero-order valence-corrected chi connectivity index (χ0v) is 13.2. The SMILES string of the molecule is C=CC(C)Oc1c(C(C)NCCC)ccc2ccccc12. The first-order valence-corrected chi connectivity index (χ1v) is 7.71. The molecule has 0 aliphatic rings. The molecular formula is C19H25NO. The van der Waals surface area contributed by atoms with Gasteiger partial charge >= 0.3 is 0 Å². The van der Waals surface area contributed by atoms with E-state index in [1.165, 1.54) is 10.9 Å². The third-order valence-electron chi connectivity index (χ3n) is 3.71. The number of benzene rings is 2. The van der Waals surface area contributed by atoms with Gasteiger partial charge in [0, 0.05) is 17.0 Å². The van der Waals surface area contributed by atoms with Crippen molar-refractivity contribution in [2.45, 2.75) is 39.3 Å². The van der Waals surface area contributed by atoms with Crippen molar-refractivity contribution in [2.75, 3.05) is 6.54 Å². The molecule has 2 aromatic carbocycles. The second-order valence-corrected chi connectivity index (χ2v) is 5.44. The van der Waals surface area contributed by atoms with Gasteiger partial charge in [0.15, 0.2) is 0 Å². The molecule has 0 amide bonds. The average molecular weight is 283 g/mol. The number of rotatable bonds is 7. The lowest BCUT2D eigenvalue weighted by atomic mass is 10.0. The van der Waals surface area contributed by atoms with Crippen LogP contribution in [0.25, 0.3) is 10.8 Å². The molecule has 2 unspecified atom stereocenters. The van der Waals surface area contributed by atoms with E-state index in [1.54, 1.807) is 0 Å². The highest BCUT2D eigenvalue weighted by Gasteiger charge is 2.15. The van der Waals surface area contributed by atoms with Gasteiger partial charge in [-0.15, -0.1) is 0 Å². The smallest absolute Gasteiger partial charge is 0.132 e. The van der Waals surface area contributed by atoms with Gasteiger partial charge in [0.25, 0.3) is 0 Å². The summed E-state index contributed by atoms with van der Waals surface area (Å²) in [5, 5.41) is 5.90. The Morgan fingerprint density at radius 1 is 1.19 bits per heavy atom. The molecule has 0 aromatic heterocycles. The molecule has 112 valence electrons. The van der Waals surface area contributed by atoms with E-state index < -0.39 is 0 Å². The van der Waals surface area contributed by atoms with Crippen molar-refractivity contribution in [3.63, 3.8) is 0 Å². The minimum absolute atomic E-state index is 0.00655. The zero-order valence-electron chi connectivity index (χ0n) is 13.2. The molecule has 0 fully saturated rings. The summed E-state index contributed by atoms with van der Waals surface area (Å²) in [6.45, 7) is 11.2. The molecule has 2 rings (SSSR count). The first kappa shape index (κ1) is 15.6. The van der Waals surface area contributed by atoms with Crippen LogP contribution in [0.4, 0.5) is 0 Å². The lowest BCUT2D eigenvalue weighted by molar-refractivity contribution is 0.268. The highest BCUT2D eigenvalue weighted by Crippen LogP contribution is 2.34. The maximum absolute atomic E-state index is 6.15. The minimum Gasteiger partial charge on any atom is -0.486 e. The fourth-order valence-electron chi connectivity index (χ4n) is 2.44. The van der Waals surface area contributed by atoms with Gasteiger partial charge < -0.3 is 10.1 Å². The van der Waals surface area contributed by atoms with E-state index in [2.05, 4.69) is 62.1 Å². The van der Waals surface area contributed by atoms with Crippen LogP contribution in [0.3, 0.4) is 0 Å². The van der Waals surface area contributed by atoms with Crippen LogP contribution >= 0.6 is 0 Å². The minimum atomic E-state index is -0.00655. The summed E-state index contributed by atoms with van der Waals surface area (Å²) < 4.78 is 6.15. The van der Waals surface area contributed by atoms with Crippen molar-refractivity contribution in [1.29, 1.82) is 0 Å². The van der Waals surface area contributed by atoms with Gasteiger partial charge in [-0.05, 0) is 32.2 Å². The van der Waals surface area contributed by atoms with Gasteiger partial charge in [0.1, 0.15) is 11.9 Å². The Bertz CT molecular complexity index is 606. The molecule has 0 radical (unpaired) electrons. The van der Waals surface area contributed by atoms with Crippen molar-refractivity contribution in [3.8, 4) is 5.75 Å². The Balaban J connectivity index is 2.47. The number of nitrogens with one attached hydrogen (secondary N) is 1. The second kappa shape index (κ2) is 7.28. The van der Waals surface area contributed by atoms with Gasteiger partial charge in [0.05, 0.1) is 0 Å². The summed E-state index contributed by atoms with van der Waals surface area (Å²) in [6.07, 6.45) is 2.94. The van der Waals surface area contributed by atoms with E-state index in [1.807, 2.05) is 13.0 Å². The lowest BCUT2D eigenvalue weighted by Gasteiger charge is -2.21. The molecule has 2 atom stereocenters. The number of hydrogen-bond donors (Lipinski definition) is 1. The molecule has 0 aliphatic carbocycles. The van der Waals surface area contributed by atoms with Crippen molar-refractivity contribution in [2.24, 2.45) is 0 Å². The van der Waals surface area contributed by atoms with Crippen LogP contribution in [-0.4, -0.2) is 12.6 Å². The standard InChI is InChI=1S/C19H25NO/c1-5-13-20-15(4)17-12-11-16-9-7-8-10-18(16)19(17)21-14(3)6-2/h6-12,14-15,20H,2,5,13H2,1,3-4H3. The number of fused-ring (bicyclic) bond motifs is 1. The predicted molar refractivity (Wildman–Crippen MR) is 90.9 cm³/mol. The summed E-state index contributed by atoms with van der Waals surface area (Å²) >= 11 is 0. The third-order valence-corrected chi connectivity index (χ3v) is 3.71. The summed E-state index contributed by atoms with van der Waals surface area (Å²) in [5.74, 6) is 0.969. The largest absolute Gasteiger partial charge is 0.486 e. The fourth-order valence-corrected chi connectivity index (χ4v) is 2.44. The highest BCUT2D eigenvalue weighted by molar-refractivity contribution is 5.89. The Labute approximate surface area is 127 Å². The topological polar surface area (TPSA) is 21.3 Å². The summed E-state index contributed by atoms with van der Waals surface area (Å²) in [7, 11) is 0. The highest BCUT2D eigenvalue weighted by atomic mass is 16.5. The van der Waals surface area contributed by atoms with E-state index in [9.17, 15) is 0 Å². The first-order chi connectivity index (χ1) is 10.2. The van der Waals surface area contributed by atoms with Gasteiger partial charge in [-0.1, -0.05) is 56.0 Å². The molecule has 1 N–H and O–H groups in total. The molecule has 0 heterocycles. The summed E-state index contributed by atoms with van der Waals surface area (Å²) in [4.78, 5) is 0. The average Bonchev–Trinajstić information content (AvgIpc) is 2.52. The van der Waals surface area contributed by atoms with E-state index in [0.29, 0.717) is 0 Å². The molecule has 0 saturated heterocycles. The molecule has 2 heteroatoms. The van der Waals surface area contributed by atoms with Gasteiger partial charge in [-0.2, -0.15) is 0 Å². The van der Waals surface area contributed by atoms with Crippen LogP contribution in [0.1, 0.15) is 38.8 Å². The zero-order chi connectivity index (χ0) is 15.2. The fraction of sp³-hybridized carbons (Fsp3) is 0.368. The summed E-state index contributed by atoms with van der Waals surface area (Å²) in [6, 6.07) is 13.0. The van der Waals surface area contributed by atoms with Crippen molar-refractivity contribution >= 4 is 10.8 Å². The third kappa shape index (κ3) is 3.64. The van der Waals surface area contributed by atoms with Gasteiger partial charge in [-0.25, -0.2) is 0 Å². The van der Waals surface area contributed by atoms with Crippen LogP contribution in [0.2, 0.25) is 0 Å². The molecule has 0 spiro atoms. The second-order valence-electron chi connectivity index (χ2n) is 5.44. The van der Waals surface area contributed by atoms with Crippen LogP contribution in [0.5, 0.6) is 5.75 Å². The van der Waals surface area contributed by atoms with E-state index in [0.717, 1.165) is 24.1 Å². The van der Waals surface area contributed by atoms with Gasteiger partial charge in [-0.3, -0.25) is 0 Å². The van der Waals surface area contributed by atoms with Crippen LogP contribution in [0, 0.1) is 0 Å². The monoisotopic (exact) mass is 283 g/mol. The number of hydrogen-bond acceptors (Lipinski definition) is 2. The maximum atomic E-state index is 6.15. The molecular weight excluding hydrogens is 258 g/mol. The van der Waals surface area contributed by atoms with E-state index in [4.69, 9.17) is 4.74 Å². The van der Waals surface area contributed by atoms with E-state index >= 15 is 0 Å².